The Balaban J connectivity index is 2.34. The van der Waals surface area contributed by atoms with Crippen molar-refractivity contribution in [2.45, 2.75) is 32.6 Å². The summed E-state index contributed by atoms with van der Waals surface area (Å²) < 4.78 is 0. The number of piperidine rings is 1. The first-order chi connectivity index (χ1) is 9.00. The number of hydrogen-bond donors (Lipinski definition) is 1. The molecule has 19 heavy (non-hydrogen) atoms. The molecule has 1 fully saturated rings. The molecule has 0 saturated carbocycles. The molecule has 0 atom stereocenters. The van der Waals surface area contributed by atoms with Crippen molar-refractivity contribution in [2.24, 2.45) is 0 Å². The highest BCUT2D eigenvalue weighted by Gasteiger charge is 2.20. The highest BCUT2D eigenvalue weighted by Crippen LogP contribution is 2.31. The molecule has 3 nitrogen and oxygen atoms in total. The van der Waals surface area contributed by atoms with Crippen molar-refractivity contribution in [1.82, 2.24) is 10.2 Å². The molecule has 1 heterocycles. The fourth-order valence-corrected chi connectivity index (χ4v) is 3.11. The van der Waals surface area contributed by atoms with Gasteiger partial charge in [0.05, 0.1) is 0 Å². The summed E-state index contributed by atoms with van der Waals surface area (Å²) in [6.45, 7) is 6.47. The highest BCUT2D eigenvalue weighted by atomic mass is 16.2. The number of rotatable bonds is 2. The SMILES string of the molecule is Cc1cc(C(=O)N(C)C)cc(C)c1C1CCNCC1. The number of carbonyl (C=O) groups excluding carboxylic acids is 1. The number of amides is 1. The van der Waals surface area contributed by atoms with Gasteiger partial charge in [0.2, 0.25) is 0 Å². The second-order valence-electron chi connectivity index (χ2n) is 5.75. The molecule has 104 valence electrons. The topological polar surface area (TPSA) is 32.3 Å². The molecule has 1 amide bonds. The molecule has 1 aromatic carbocycles. The molecular formula is C16H24N2O. The second-order valence-corrected chi connectivity index (χ2v) is 5.75. The molecule has 0 aromatic heterocycles. The largest absolute Gasteiger partial charge is 0.345 e. The second kappa shape index (κ2) is 5.74. The summed E-state index contributed by atoms with van der Waals surface area (Å²) in [5, 5.41) is 3.41. The van der Waals surface area contributed by atoms with E-state index in [1.807, 2.05) is 12.1 Å². The van der Waals surface area contributed by atoms with Crippen LogP contribution in [0.15, 0.2) is 12.1 Å². The van der Waals surface area contributed by atoms with E-state index in [-0.39, 0.29) is 5.91 Å². The predicted molar refractivity (Wildman–Crippen MR) is 78.8 cm³/mol. The Morgan fingerprint density at radius 3 is 2.16 bits per heavy atom. The van der Waals surface area contributed by atoms with Gasteiger partial charge in [0.25, 0.3) is 5.91 Å². The van der Waals surface area contributed by atoms with Gasteiger partial charge in [-0.1, -0.05) is 0 Å². The number of hydrogen-bond acceptors (Lipinski definition) is 2. The van der Waals surface area contributed by atoms with Gasteiger partial charge in [-0.15, -0.1) is 0 Å². The zero-order valence-electron chi connectivity index (χ0n) is 12.4. The van der Waals surface area contributed by atoms with Gasteiger partial charge in [-0.2, -0.15) is 0 Å². The first-order valence-electron chi connectivity index (χ1n) is 7.04. The van der Waals surface area contributed by atoms with Crippen LogP contribution < -0.4 is 5.32 Å². The molecule has 1 aromatic rings. The monoisotopic (exact) mass is 260 g/mol. The van der Waals surface area contributed by atoms with E-state index < -0.39 is 0 Å². The van der Waals surface area contributed by atoms with E-state index in [0.717, 1.165) is 18.7 Å². The van der Waals surface area contributed by atoms with Gasteiger partial charge in [0.1, 0.15) is 0 Å². The van der Waals surface area contributed by atoms with E-state index in [9.17, 15) is 4.79 Å². The van der Waals surface area contributed by atoms with Gasteiger partial charge in [-0.3, -0.25) is 4.79 Å². The van der Waals surface area contributed by atoms with Crippen molar-refractivity contribution in [2.75, 3.05) is 27.2 Å². The fourth-order valence-electron chi connectivity index (χ4n) is 3.11. The average Bonchev–Trinajstić information content (AvgIpc) is 2.38. The van der Waals surface area contributed by atoms with Crippen LogP contribution in [0.25, 0.3) is 0 Å². The zero-order valence-corrected chi connectivity index (χ0v) is 12.4. The maximum absolute atomic E-state index is 12.1. The van der Waals surface area contributed by atoms with Crippen molar-refractivity contribution in [3.8, 4) is 0 Å². The Bertz CT molecular complexity index is 451. The molecule has 0 aliphatic carbocycles. The first kappa shape index (κ1) is 14.1. The molecule has 1 aliphatic heterocycles. The highest BCUT2D eigenvalue weighted by molar-refractivity contribution is 5.94. The van der Waals surface area contributed by atoms with Gasteiger partial charge < -0.3 is 10.2 Å². The van der Waals surface area contributed by atoms with E-state index in [1.54, 1.807) is 19.0 Å². The number of carbonyl (C=O) groups is 1. The van der Waals surface area contributed by atoms with E-state index >= 15 is 0 Å². The Morgan fingerprint density at radius 1 is 1.16 bits per heavy atom. The van der Waals surface area contributed by atoms with E-state index in [1.165, 1.54) is 29.5 Å². The van der Waals surface area contributed by atoms with Crippen LogP contribution in [0.2, 0.25) is 0 Å². The van der Waals surface area contributed by atoms with Crippen LogP contribution in [-0.2, 0) is 0 Å². The molecule has 1 N–H and O–H groups in total. The summed E-state index contributed by atoms with van der Waals surface area (Å²) in [6.07, 6.45) is 2.39. The summed E-state index contributed by atoms with van der Waals surface area (Å²) in [6, 6.07) is 4.10. The average molecular weight is 260 g/mol. The van der Waals surface area contributed by atoms with Crippen molar-refractivity contribution >= 4 is 5.91 Å². The molecule has 0 unspecified atom stereocenters. The molecule has 1 aliphatic rings. The third-order valence-electron chi connectivity index (χ3n) is 3.99. The molecule has 1 saturated heterocycles. The summed E-state index contributed by atoms with van der Waals surface area (Å²) >= 11 is 0. The van der Waals surface area contributed by atoms with Gasteiger partial charge >= 0.3 is 0 Å². The number of aryl methyl sites for hydroxylation is 2. The van der Waals surface area contributed by atoms with E-state index in [0.29, 0.717) is 5.92 Å². The molecule has 0 radical (unpaired) electrons. The third-order valence-corrected chi connectivity index (χ3v) is 3.99. The minimum absolute atomic E-state index is 0.0862. The Labute approximate surface area is 116 Å². The molecule has 2 rings (SSSR count). The van der Waals surface area contributed by atoms with Crippen LogP contribution in [0.3, 0.4) is 0 Å². The van der Waals surface area contributed by atoms with Crippen LogP contribution in [0.5, 0.6) is 0 Å². The van der Waals surface area contributed by atoms with Crippen LogP contribution in [0.1, 0.15) is 45.8 Å². The van der Waals surface area contributed by atoms with Crippen LogP contribution >= 0.6 is 0 Å². The fraction of sp³-hybridized carbons (Fsp3) is 0.562. The summed E-state index contributed by atoms with van der Waals surface area (Å²) in [5.74, 6) is 0.729. The predicted octanol–water partition coefficient (Wildman–Crippen LogP) is 2.47. The molecule has 0 bridgehead atoms. The van der Waals surface area contributed by atoms with Crippen LogP contribution in [0, 0.1) is 13.8 Å². The summed E-state index contributed by atoms with van der Waals surface area (Å²) in [7, 11) is 3.60. The molecular weight excluding hydrogens is 236 g/mol. The van der Waals surface area contributed by atoms with Crippen LogP contribution in [0.4, 0.5) is 0 Å². The van der Waals surface area contributed by atoms with Gasteiger partial charge in [0.15, 0.2) is 0 Å². The van der Waals surface area contributed by atoms with Gasteiger partial charge in [-0.25, -0.2) is 0 Å². The van der Waals surface area contributed by atoms with Crippen LogP contribution in [-0.4, -0.2) is 38.0 Å². The van der Waals surface area contributed by atoms with Crippen molar-refractivity contribution in [3.05, 3.63) is 34.4 Å². The minimum Gasteiger partial charge on any atom is -0.345 e. The normalized spacial score (nSPS) is 16.4. The van der Waals surface area contributed by atoms with E-state index in [4.69, 9.17) is 0 Å². The number of benzene rings is 1. The molecule has 0 spiro atoms. The Hall–Kier alpha value is -1.35. The smallest absolute Gasteiger partial charge is 0.253 e. The van der Waals surface area contributed by atoms with Crippen molar-refractivity contribution < 1.29 is 4.79 Å². The Kier molecular flexibility index (Phi) is 4.25. The Morgan fingerprint density at radius 2 is 1.68 bits per heavy atom. The lowest BCUT2D eigenvalue weighted by Gasteiger charge is -2.26. The van der Waals surface area contributed by atoms with Gasteiger partial charge in [0, 0.05) is 19.7 Å². The maximum atomic E-state index is 12.1. The lowest BCUT2D eigenvalue weighted by molar-refractivity contribution is 0.0827. The van der Waals surface area contributed by atoms with E-state index in [2.05, 4.69) is 19.2 Å². The van der Waals surface area contributed by atoms with Gasteiger partial charge in [-0.05, 0) is 74.5 Å². The number of nitrogens with zero attached hydrogens (tertiary/aromatic N) is 1. The first-order valence-corrected chi connectivity index (χ1v) is 7.04. The van der Waals surface area contributed by atoms with Crippen molar-refractivity contribution in [1.29, 1.82) is 0 Å². The molecule has 3 heteroatoms. The maximum Gasteiger partial charge on any atom is 0.253 e. The lowest BCUT2D eigenvalue weighted by atomic mass is 9.84. The van der Waals surface area contributed by atoms with Crippen molar-refractivity contribution in [3.63, 3.8) is 0 Å². The quantitative estimate of drug-likeness (QED) is 0.886. The number of nitrogens with one attached hydrogen (secondary N) is 1. The zero-order chi connectivity index (χ0) is 14.0. The summed E-state index contributed by atoms with van der Waals surface area (Å²) in [4.78, 5) is 13.7. The third kappa shape index (κ3) is 2.98. The lowest BCUT2D eigenvalue weighted by Crippen LogP contribution is -2.27. The minimum atomic E-state index is 0.0862. The summed E-state index contributed by atoms with van der Waals surface area (Å²) in [5.41, 5.74) is 4.78. The standard InChI is InChI=1S/C16H24N2O/c1-11-9-14(16(19)18(3)4)10-12(2)15(11)13-5-7-17-8-6-13/h9-10,13,17H,5-8H2,1-4H3.